The predicted octanol–water partition coefficient (Wildman–Crippen LogP) is 3.13. The Balaban J connectivity index is -0.000000185. The van der Waals surface area contributed by atoms with Gasteiger partial charge in [0.15, 0.2) is 6.10 Å². The van der Waals surface area contributed by atoms with Crippen molar-refractivity contribution >= 4 is 46.0 Å². The molecule has 0 aliphatic rings. The van der Waals surface area contributed by atoms with Gasteiger partial charge in [-0.05, 0) is 104 Å². The maximum atomic E-state index is 11.1. The van der Waals surface area contributed by atoms with Crippen molar-refractivity contribution in [2.75, 3.05) is 33.0 Å². The fourth-order valence-electron chi connectivity index (χ4n) is 1.90. The number of nitrogens with one attached hydrogen (secondary N) is 2. The Bertz CT molecular complexity index is 947. The zero-order valence-electron chi connectivity index (χ0n) is 33.4. The maximum absolute atomic E-state index is 11.1. The fraction of sp³-hybridized carbons (Fsp3) is 0.844. The molecule has 0 aromatic rings. The standard InChI is InChI=1S/C10H19NO5.C8H17NO4.C6H12O3.C5H9BrO2.C3H9NO2/c1-6-14-8(12)7(2)16-11-9(13)15-10(3,4)5;1-6(5-10)13-9-7(11)12-8(2,3)4;1-6(2,3)9-5(8)4-7;1-3-8-5(7)4(2)6;1-3(2-5)6-4/h7H,6H2,1-5H3,(H,11,13);6,10H,5H2,1-4H3,(H,9,11);7H,4H2,1-3H3;4H,3H2,1-2H3;3,5H,2,4H2,1H3. The van der Waals surface area contributed by atoms with Crippen molar-refractivity contribution < 1.29 is 77.5 Å². The van der Waals surface area contributed by atoms with Crippen molar-refractivity contribution in [1.82, 2.24) is 11.0 Å². The van der Waals surface area contributed by atoms with Gasteiger partial charge in [-0.25, -0.2) is 25.1 Å². The average molecular weight is 829 g/mol. The summed E-state index contributed by atoms with van der Waals surface area (Å²) in [6.07, 6.45) is -2.94. The van der Waals surface area contributed by atoms with E-state index in [9.17, 15) is 24.0 Å². The number of carbonyl (C=O) groups excluding carboxylic acids is 5. The second kappa shape index (κ2) is 32.8. The molecule has 0 aromatic carbocycles. The number of rotatable bonds is 12. The molecule has 0 bridgehead atoms. The molecule has 0 aromatic heterocycles. The Kier molecular flexibility index (Phi) is 36.8. The van der Waals surface area contributed by atoms with Crippen LogP contribution < -0.4 is 16.9 Å². The Hall–Kier alpha value is -2.85. The van der Waals surface area contributed by atoms with E-state index in [1.165, 1.54) is 6.92 Å². The van der Waals surface area contributed by atoms with Gasteiger partial charge < -0.3 is 39.0 Å². The van der Waals surface area contributed by atoms with E-state index >= 15 is 0 Å². The van der Waals surface area contributed by atoms with Gasteiger partial charge in [-0.15, -0.1) is 0 Å². The van der Waals surface area contributed by atoms with E-state index in [0.29, 0.717) is 6.61 Å². The summed E-state index contributed by atoms with van der Waals surface area (Å²) in [5.41, 5.74) is 2.44. The molecule has 0 radical (unpaired) electrons. The monoisotopic (exact) mass is 827 g/mol. The van der Waals surface area contributed by atoms with Gasteiger partial charge in [-0.2, -0.15) is 11.0 Å². The van der Waals surface area contributed by atoms with Gasteiger partial charge in [-0.3, -0.25) is 19.3 Å². The third kappa shape index (κ3) is 51.5. The first kappa shape index (κ1) is 58.5. The van der Waals surface area contributed by atoms with E-state index in [1.54, 1.807) is 96.9 Å². The molecule has 0 rings (SSSR count). The molecule has 7 N–H and O–H groups in total. The van der Waals surface area contributed by atoms with Crippen LogP contribution in [-0.2, 0) is 52.6 Å². The van der Waals surface area contributed by atoms with Crippen LogP contribution >= 0.6 is 15.9 Å². The van der Waals surface area contributed by atoms with Crippen molar-refractivity contribution in [2.45, 2.75) is 144 Å². The Morgan fingerprint density at radius 3 is 1.23 bits per heavy atom. The average Bonchev–Trinajstić information content (AvgIpc) is 3.01. The molecule has 0 saturated heterocycles. The molecule has 0 fully saturated rings. The van der Waals surface area contributed by atoms with Gasteiger partial charge in [0.1, 0.15) is 34.3 Å². The number of hydrogen-bond acceptors (Lipinski definition) is 17. The molecule has 20 heteroatoms. The first-order chi connectivity index (χ1) is 23.6. The van der Waals surface area contributed by atoms with E-state index in [4.69, 9.17) is 39.2 Å². The highest BCUT2D eigenvalue weighted by molar-refractivity contribution is 9.10. The van der Waals surface area contributed by atoms with Crippen LogP contribution in [0.5, 0.6) is 0 Å². The minimum atomic E-state index is -0.868. The van der Waals surface area contributed by atoms with E-state index in [0.717, 1.165) is 0 Å². The van der Waals surface area contributed by atoms with Crippen LogP contribution in [-0.4, -0.2) is 118 Å². The lowest BCUT2D eigenvalue weighted by atomic mass is 10.2. The van der Waals surface area contributed by atoms with Crippen molar-refractivity contribution in [3.8, 4) is 0 Å². The molecule has 0 spiro atoms. The van der Waals surface area contributed by atoms with Crippen molar-refractivity contribution in [1.29, 1.82) is 0 Å². The number of aliphatic hydroxyl groups excluding tert-OH is 3. The number of halogens is 1. The molecule has 0 aliphatic carbocycles. The van der Waals surface area contributed by atoms with Crippen LogP contribution in [0.4, 0.5) is 9.59 Å². The van der Waals surface area contributed by atoms with Crippen molar-refractivity contribution in [2.24, 2.45) is 5.90 Å². The molecule has 52 heavy (non-hydrogen) atoms. The summed E-state index contributed by atoms with van der Waals surface area (Å²) in [7, 11) is 0. The summed E-state index contributed by atoms with van der Waals surface area (Å²) >= 11 is 3.07. The highest BCUT2D eigenvalue weighted by Crippen LogP contribution is 2.08. The highest BCUT2D eigenvalue weighted by Gasteiger charge is 2.20. The van der Waals surface area contributed by atoms with Crippen LogP contribution in [0, 0.1) is 0 Å². The molecule has 0 aliphatic heterocycles. The summed E-state index contributed by atoms with van der Waals surface area (Å²) in [5, 5.41) is 24.9. The number of esters is 3. The summed E-state index contributed by atoms with van der Waals surface area (Å²) in [6, 6.07) is 0. The van der Waals surface area contributed by atoms with Gasteiger partial charge in [0, 0.05) is 0 Å². The molecular weight excluding hydrogens is 762 g/mol. The van der Waals surface area contributed by atoms with Gasteiger partial charge in [0.25, 0.3) is 0 Å². The smallest absolute Gasteiger partial charge is 0.431 e. The van der Waals surface area contributed by atoms with Crippen LogP contribution in [0.3, 0.4) is 0 Å². The van der Waals surface area contributed by atoms with Gasteiger partial charge in [-0.1, -0.05) is 15.9 Å². The molecule has 2 amide bonds. The topological polar surface area (TPSA) is 270 Å². The summed E-state index contributed by atoms with van der Waals surface area (Å²) < 4.78 is 23.8. The number of ether oxygens (including phenoxy) is 5. The van der Waals surface area contributed by atoms with Crippen LogP contribution in [0.1, 0.15) is 104 Å². The van der Waals surface area contributed by atoms with Gasteiger partial charge in [0.05, 0.1) is 32.5 Å². The lowest BCUT2D eigenvalue weighted by Gasteiger charge is -2.20. The number of nitrogens with two attached hydrogens (primary N) is 1. The second-order valence-electron chi connectivity index (χ2n) is 13.1. The Morgan fingerprint density at radius 1 is 0.635 bits per heavy atom. The minimum Gasteiger partial charge on any atom is -0.465 e. The number of aliphatic hydroxyl groups is 3. The lowest BCUT2D eigenvalue weighted by Crippen LogP contribution is -2.37. The molecule has 4 unspecified atom stereocenters. The fourth-order valence-corrected chi connectivity index (χ4v) is 2.03. The number of hydrogen-bond donors (Lipinski definition) is 6. The van der Waals surface area contributed by atoms with E-state index in [2.05, 4.69) is 41.6 Å². The molecule has 312 valence electrons. The third-order valence-corrected chi connectivity index (χ3v) is 4.36. The van der Waals surface area contributed by atoms with Crippen molar-refractivity contribution in [3.05, 3.63) is 0 Å². The molecule has 0 heterocycles. The summed E-state index contributed by atoms with van der Waals surface area (Å²) in [5.74, 6) is 3.30. The first-order valence-corrected chi connectivity index (χ1v) is 17.1. The summed E-state index contributed by atoms with van der Waals surface area (Å²) in [4.78, 5) is 67.5. The van der Waals surface area contributed by atoms with Crippen LogP contribution in [0.2, 0.25) is 0 Å². The van der Waals surface area contributed by atoms with E-state index in [1.807, 2.05) is 5.48 Å². The Morgan fingerprint density at radius 2 is 1.00 bits per heavy atom. The molecule has 4 atom stereocenters. The quantitative estimate of drug-likeness (QED) is 0.0714. The van der Waals surface area contributed by atoms with Crippen molar-refractivity contribution in [3.63, 3.8) is 0 Å². The normalized spacial score (nSPS) is 12.9. The number of alkyl halides is 1. The van der Waals surface area contributed by atoms with Crippen LogP contribution in [0.15, 0.2) is 0 Å². The molecule has 0 saturated carbocycles. The van der Waals surface area contributed by atoms with E-state index < -0.39 is 59.7 Å². The minimum absolute atomic E-state index is 0.0174. The zero-order chi connectivity index (χ0) is 42.3. The number of hydroxylamine groups is 2. The highest BCUT2D eigenvalue weighted by atomic mass is 79.9. The van der Waals surface area contributed by atoms with E-state index in [-0.39, 0.29) is 36.7 Å². The van der Waals surface area contributed by atoms with Gasteiger partial charge >= 0.3 is 30.1 Å². The predicted molar refractivity (Wildman–Crippen MR) is 193 cm³/mol. The first-order valence-electron chi connectivity index (χ1n) is 16.2. The third-order valence-electron chi connectivity index (χ3n) is 3.99. The maximum Gasteiger partial charge on any atom is 0.431 e. The largest absolute Gasteiger partial charge is 0.465 e. The lowest BCUT2D eigenvalue weighted by molar-refractivity contribution is -0.160. The summed E-state index contributed by atoms with van der Waals surface area (Å²) in [6.45, 7) is 25.7. The Labute approximate surface area is 316 Å². The number of carbonyl (C=O) groups is 5. The second-order valence-corrected chi connectivity index (χ2v) is 14.4. The molecular formula is C32H66BrN3O16. The zero-order valence-corrected chi connectivity index (χ0v) is 35.0. The molecule has 19 nitrogen and oxygen atoms in total. The van der Waals surface area contributed by atoms with Crippen LogP contribution in [0.25, 0.3) is 0 Å². The number of amides is 2. The SMILES string of the molecule is CC(C)(C)OC(=O)CO.CC(CO)ON.CC(CO)ONC(=O)OC(C)(C)C.CCOC(=O)C(C)Br.CCOC(=O)C(C)ONC(=O)OC(C)(C)C. The van der Waals surface area contributed by atoms with Gasteiger partial charge in [0.2, 0.25) is 0 Å².